The molecular weight excluding hydrogens is 319 g/mol. The molecular formula is C10H15Cl3N2O2S. The van der Waals surface area contributed by atoms with Gasteiger partial charge in [0, 0.05) is 12.6 Å². The van der Waals surface area contributed by atoms with Crippen molar-refractivity contribution in [3.63, 3.8) is 0 Å². The predicted octanol–water partition coefficient (Wildman–Crippen LogP) is 2.30. The Hall–Kier alpha value is -0.0400. The van der Waals surface area contributed by atoms with Gasteiger partial charge in [0.15, 0.2) is 0 Å². The molecule has 0 saturated heterocycles. The Balaban J connectivity index is 0.00000289. The Labute approximate surface area is 124 Å². The highest BCUT2D eigenvalue weighted by molar-refractivity contribution is 7.89. The maximum atomic E-state index is 11.9. The highest BCUT2D eigenvalue weighted by Gasteiger charge is 2.19. The second-order valence-electron chi connectivity index (χ2n) is 3.59. The fourth-order valence-electron chi connectivity index (χ4n) is 1.11. The average molecular weight is 334 g/mol. The lowest BCUT2D eigenvalue weighted by Gasteiger charge is -2.13. The van der Waals surface area contributed by atoms with Gasteiger partial charge < -0.3 is 5.32 Å². The van der Waals surface area contributed by atoms with Gasteiger partial charge in [0.05, 0.1) is 10.0 Å². The lowest BCUT2D eigenvalue weighted by atomic mass is 10.4. The highest BCUT2D eigenvalue weighted by atomic mass is 35.5. The van der Waals surface area contributed by atoms with Crippen molar-refractivity contribution in [3.8, 4) is 0 Å². The van der Waals surface area contributed by atoms with Crippen LogP contribution in [0.15, 0.2) is 23.1 Å². The summed E-state index contributed by atoms with van der Waals surface area (Å²) >= 11 is 11.6. The van der Waals surface area contributed by atoms with E-state index in [1.807, 2.05) is 6.92 Å². The van der Waals surface area contributed by atoms with E-state index >= 15 is 0 Å². The summed E-state index contributed by atoms with van der Waals surface area (Å²) in [5.41, 5.74) is 0. The molecule has 1 aromatic rings. The maximum absolute atomic E-state index is 11.9. The molecule has 0 bridgehead atoms. The molecule has 1 rings (SSSR count). The van der Waals surface area contributed by atoms with Gasteiger partial charge in [-0.05, 0) is 26.1 Å². The van der Waals surface area contributed by atoms with Gasteiger partial charge in [-0.3, -0.25) is 0 Å². The third-order valence-electron chi connectivity index (χ3n) is 2.28. The maximum Gasteiger partial charge on any atom is 0.242 e. The number of rotatable bonds is 5. The van der Waals surface area contributed by atoms with Crippen LogP contribution in [0.5, 0.6) is 0 Å². The third kappa shape index (κ3) is 4.57. The van der Waals surface area contributed by atoms with Gasteiger partial charge in [-0.1, -0.05) is 29.3 Å². The number of halogens is 3. The van der Waals surface area contributed by atoms with E-state index < -0.39 is 10.0 Å². The molecule has 0 radical (unpaired) electrons. The Bertz CT molecular complexity index is 494. The summed E-state index contributed by atoms with van der Waals surface area (Å²) < 4.78 is 26.3. The van der Waals surface area contributed by atoms with Gasteiger partial charge in [-0.15, -0.1) is 12.4 Å². The van der Waals surface area contributed by atoms with E-state index in [0.717, 1.165) is 0 Å². The number of sulfonamides is 1. The van der Waals surface area contributed by atoms with Crippen molar-refractivity contribution in [2.75, 3.05) is 13.6 Å². The van der Waals surface area contributed by atoms with Gasteiger partial charge in [-0.2, -0.15) is 0 Å². The molecule has 0 spiro atoms. The number of likely N-dealkylation sites (N-methyl/N-ethyl adjacent to an activating group) is 1. The highest BCUT2D eigenvalue weighted by Crippen LogP contribution is 2.28. The lowest BCUT2D eigenvalue weighted by Crippen LogP contribution is -2.37. The van der Waals surface area contributed by atoms with Crippen molar-refractivity contribution in [2.24, 2.45) is 0 Å². The molecule has 0 fully saturated rings. The molecule has 0 aliphatic rings. The van der Waals surface area contributed by atoms with Gasteiger partial charge >= 0.3 is 0 Å². The smallest absolute Gasteiger partial charge is 0.242 e. The largest absolute Gasteiger partial charge is 0.316 e. The van der Waals surface area contributed by atoms with E-state index in [1.54, 1.807) is 19.2 Å². The fraction of sp³-hybridized carbons (Fsp3) is 0.400. The molecule has 0 aliphatic carbocycles. The standard InChI is InChI=1S/C10H14Cl2N2O2S.ClH/c1-7(13-2)6-14-17(15,16)9-5-3-4-8(11)10(9)12;/h3-5,7,13-14H,6H2,1-2H3;1H. The third-order valence-corrected chi connectivity index (χ3v) is 4.67. The normalized spacial score (nSPS) is 12.9. The zero-order valence-corrected chi connectivity index (χ0v) is 13.1. The molecule has 0 aromatic heterocycles. The summed E-state index contributed by atoms with van der Waals surface area (Å²) in [6.45, 7) is 2.14. The Kier molecular flexibility index (Phi) is 7.51. The molecule has 1 atom stereocenters. The van der Waals surface area contributed by atoms with Crippen LogP contribution in [0, 0.1) is 0 Å². The summed E-state index contributed by atoms with van der Waals surface area (Å²) in [7, 11) is -1.87. The SMILES string of the molecule is CNC(C)CNS(=O)(=O)c1cccc(Cl)c1Cl.Cl. The number of nitrogens with one attached hydrogen (secondary N) is 2. The average Bonchev–Trinajstić information content (AvgIpc) is 2.29. The first-order valence-electron chi connectivity index (χ1n) is 4.99. The lowest BCUT2D eigenvalue weighted by molar-refractivity contribution is 0.554. The summed E-state index contributed by atoms with van der Waals surface area (Å²) in [5, 5.41) is 3.19. The van der Waals surface area contributed by atoms with Crippen molar-refractivity contribution in [1.82, 2.24) is 10.0 Å². The van der Waals surface area contributed by atoms with E-state index in [1.165, 1.54) is 6.07 Å². The van der Waals surface area contributed by atoms with Crippen LogP contribution in [0.25, 0.3) is 0 Å². The second-order valence-corrected chi connectivity index (χ2v) is 6.11. The minimum absolute atomic E-state index is 0. The number of hydrogen-bond acceptors (Lipinski definition) is 3. The molecule has 0 aliphatic heterocycles. The first kappa shape index (κ1) is 18.0. The van der Waals surface area contributed by atoms with Gasteiger partial charge in [0.2, 0.25) is 10.0 Å². The monoisotopic (exact) mass is 332 g/mol. The number of hydrogen-bond donors (Lipinski definition) is 2. The van der Waals surface area contributed by atoms with Crippen molar-refractivity contribution in [3.05, 3.63) is 28.2 Å². The summed E-state index contributed by atoms with van der Waals surface area (Å²) in [5.74, 6) is 0. The minimum Gasteiger partial charge on any atom is -0.316 e. The van der Waals surface area contributed by atoms with Crippen molar-refractivity contribution < 1.29 is 8.42 Å². The van der Waals surface area contributed by atoms with Crippen molar-refractivity contribution in [1.29, 1.82) is 0 Å². The fourth-order valence-corrected chi connectivity index (χ4v) is 3.00. The zero-order valence-electron chi connectivity index (χ0n) is 9.91. The number of benzene rings is 1. The molecule has 18 heavy (non-hydrogen) atoms. The predicted molar refractivity (Wildman–Crippen MR) is 77.4 cm³/mol. The molecule has 0 saturated carbocycles. The Morgan fingerprint density at radius 3 is 2.50 bits per heavy atom. The summed E-state index contributed by atoms with van der Waals surface area (Å²) in [6, 6.07) is 4.53. The van der Waals surface area contributed by atoms with Gasteiger partial charge in [0.1, 0.15) is 4.90 Å². The Morgan fingerprint density at radius 1 is 1.33 bits per heavy atom. The summed E-state index contributed by atoms with van der Waals surface area (Å²) in [4.78, 5) is -0.00466. The Morgan fingerprint density at radius 2 is 1.94 bits per heavy atom. The van der Waals surface area contributed by atoms with E-state index in [-0.39, 0.29) is 39.9 Å². The first-order valence-corrected chi connectivity index (χ1v) is 7.23. The van der Waals surface area contributed by atoms with Crippen LogP contribution in [-0.4, -0.2) is 28.1 Å². The second kappa shape index (κ2) is 7.53. The van der Waals surface area contributed by atoms with Crippen molar-refractivity contribution >= 4 is 45.6 Å². The first-order chi connectivity index (χ1) is 7.88. The van der Waals surface area contributed by atoms with E-state index in [0.29, 0.717) is 0 Å². The van der Waals surface area contributed by atoms with E-state index in [4.69, 9.17) is 23.2 Å². The molecule has 1 aromatic carbocycles. The van der Waals surface area contributed by atoms with E-state index in [9.17, 15) is 8.42 Å². The molecule has 104 valence electrons. The van der Waals surface area contributed by atoms with Crippen LogP contribution in [0.2, 0.25) is 10.0 Å². The molecule has 0 amide bonds. The zero-order chi connectivity index (χ0) is 13.1. The molecule has 1 unspecified atom stereocenters. The summed E-state index contributed by atoms with van der Waals surface area (Å²) in [6.07, 6.45) is 0. The van der Waals surface area contributed by atoms with Crippen molar-refractivity contribution in [2.45, 2.75) is 17.9 Å². The van der Waals surface area contributed by atoms with Crippen LogP contribution in [0.4, 0.5) is 0 Å². The molecule has 0 heterocycles. The van der Waals surface area contributed by atoms with Gasteiger partial charge in [-0.25, -0.2) is 13.1 Å². The van der Waals surface area contributed by atoms with Crippen LogP contribution in [0.1, 0.15) is 6.92 Å². The molecule has 4 nitrogen and oxygen atoms in total. The van der Waals surface area contributed by atoms with E-state index in [2.05, 4.69) is 10.0 Å². The molecule has 8 heteroatoms. The quantitative estimate of drug-likeness (QED) is 0.869. The van der Waals surface area contributed by atoms with Crippen LogP contribution in [-0.2, 0) is 10.0 Å². The van der Waals surface area contributed by atoms with Crippen LogP contribution >= 0.6 is 35.6 Å². The topological polar surface area (TPSA) is 58.2 Å². The molecule has 2 N–H and O–H groups in total. The van der Waals surface area contributed by atoms with Crippen LogP contribution < -0.4 is 10.0 Å². The van der Waals surface area contributed by atoms with Gasteiger partial charge in [0.25, 0.3) is 0 Å². The minimum atomic E-state index is -3.62. The van der Waals surface area contributed by atoms with Crippen LogP contribution in [0.3, 0.4) is 0 Å².